The molecule has 7 atom stereocenters. The van der Waals surface area contributed by atoms with Crippen LogP contribution in [0.5, 0.6) is 11.5 Å². The SMILES string of the molecule is CC[C@@H](C)[C@@H]1NC(=O)[C@H](CS)NC(=O)[C@H](C(C)C)NC(=O)[C@H](CS)NC(=O)[C@H](Cc2ccc(O)cc2)NC(=O)[C@H](Cc2ccc(O)cc2)NC1=O. The fourth-order valence-corrected chi connectivity index (χ4v) is 5.87. The molecule has 6 amide bonds. The lowest BCUT2D eigenvalue weighted by Gasteiger charge is -2.31. The second-order valence-corrected chi connectivity index (χ2v) is 13.7. The van der Waals surface area contributed by atoms with Crippen LogP contribution in [0.1, 0.15) is 45.2 Å². The van der Waals surface area contributed by atoms with Gasteiger partial charge in [-0.25, -0.2) is 0 Å². The number of hydrogen-bond acceptors (Lipinski definition) is 10. The van der Waals surface area contributed by atoms with Crippen LogP contribution < -0.4 is 31.9 Å². The summed E-state index contributed by atoms with van der Waals surface area (Å²) in [5.74, 6) is -5.40. The van der Waals surface area contributed by atoms with Crippen LogP contribution in [0, 0.1) is 11.8 Å². The zero-order valence-corrected chi connectivity index (χ0v) is 30.8. The number of hydrogen-bond donors (Lipinski definition) is 10. The van der Waals surface area contributed by atoms with Crippen molar-refractivity contribution in [2.24, 2.45) is 11.8 Å². The minimum atomic E-state index is -1.28. The van der Waals surface area contributed by atoms with Crippen LogP contribution >= 0.6 is 25.3 Å². The fraction of sp³-hybridized carbons (Fsp3) is 0.486. The van der Waals surface area contributed by atoms with Crippen LogP contribution in [0.4, 0.5) is 0 Å². The van der Waals surface area contributed by atoms with Gasteiger partial charge in [-0.3, -0.25) is 28.8 Å². The zero-order valence-electron chi connectivity index (χ0n) is 29.0. The van der Waals surface area contributed by atoms with Crippen molar-refractivity contribution in [3.8, 4) is 11.5 Å². The predicted molar refractivity (Wildman–Crippen MR) is 197 cm³/mol. The van der Waals surface area contributed by atoms with E-state index < -0.39 is 83.5 Å². The summed E-state index contributed by atoms with van der Waals surface area (Å²) in [5.41, 5.74) is 1.14. The molecule has 0 aliphatic carbocycles. The summed E-state index contributed by atoms with van der Waals surface area (Å²) in [6.07, 6.45) is 0.347. The number of rotatable bonds is 9. The number of thiol groups is 2. The fourth-order valence-electron chi connectivity index (χ4n) is 5.35. The topological polar surface area (TPSA) is 215 Å². The first kappa shape index (κ1) is 41.0. The molecule has 0 unspecified atom stereocenters. The molecule has 3 rings (SSSR count). The largest absolute Gasteiger partial charge is 0.508 e. The van der Waals surface area contributed by atoms with Gasteiger partial charge in [0, 0.05) is 24.3 Å². The van der Waals surface area contributed by atoms with Gasteiger partial charge in [-0.2, -0.15) is 25.3 Å². The number of amides is 6. The van der Waals surface area contributed by atoms with Crippen LogP contribution in [0.2, 0.25) is 0 Å². The van der Waals surface area contributed by atoms with Crippen molar-refractivity contribution in [1.82, 2.24) is 31.9 Å². The van der Waals surface area contributed by atoms with Gasteiger partial charge in [-0.05, 0) is 47.2 Å². The summed E-state index contributed by atoms with van der Waals surface area (Å²) in [6, 6.07) is 4.78. The Balaban J connectivity index is 2.11. The van der Waals surface area contributed by atoms with Crippen LogP contribution in [-0.4, -0.2) is 93.4 Å². The number of benzene rings is 2. The maximum absolute atomic E-state index is 14.1. The molecule has 14 nitrogen and oxygen atoms in total. The number of aromatic hydroxyl groups is 2. The molecule has 1 heterocycles. The highest BCUT2D eigenvalue weighted by Gasteiger charge is 2.36. The highest BCUT2D eigenvalue weighted by atomic mass is 32.1. The summed E-state index contributed by atoms with van der Waals surface area (Å²) >= 11 is 8.51. The molecule has 1 saturated heterocycles. The van der Waals surface area contributed by atoms with E-state index >= 15 is 0 Å². The van der Waals surface area contributed by atoms with Gasteiger partial charge >= 0.3 is 0 Å². The van der Waals surface area contributed by atoms with Gasteiger partial charge in [0.2, 0.25) is 35.4 Å². The molecule has 1 aliphatic heterocycles. The molecule has 51 heavy (non-hydrogen) atoms. The van der Waals surface area contributed by atoms with Gasteiger partial charge in [-0.15, -0.1) is 0 Å². The minimum Gasteiger partial charge on any atom is -0.508 e. The molecule has 2 aromatic rings. The van der Waals surface area contributed by atoms with E-state index in [0.29, 0.717) is 17.5 Å². The third kappa shape index (κ3) is 11.8. The van der Waals surface area contributed by atoms with Crippen molar-refractivity contribution in [3.05, 3.63) is 59.7 Å². The van der Waals surface area contributed by atoms with Crippen LogP contribution in [0.25, 0.3) is 0 Å². The van der Waals surface area contributed by atoms with E-state index in [1.54, 1.807) is 45.0 Å². The lowest BCUT2D eigenvalue weighted by molar-refractivity contribution is -0.137. The Morgan fingerprint density at radius 2 is 0.863 bits per heavy atom. The Bertz CT molecular complexity index is 1540. The quantitative estimate of drug-likeness (QED) is 0.162. The minimum absolute atomic E-state index is 0.00421. The molecule has 16 heteroatoms. The summed E-state index contributed by atoms with van der Waals surface area (Å²) < 4.78 is 0. The highest BCUT2D eigenvalue weighted by Crippen LogP contribution is 2.16. The number of carbonyl (C=O) groups is 6. The Hall–Kier alpha value is -4.44. The molecule has 0 bridgehead atoms. The number of phenolic OH excluding ortho intramolecular Hbond substituents is 2. The van der Waals surface area contributed by atoms with E-state index in [4.69, 9.17) is 0 Å². The van der Waals surface area contributed by atoms with Crippen molar-refractivity contribution in [3.63, 3.8) is 0 Å². The Labute approximate surface area is 308 Å². The van der Waals surface area contributed by atoms with Crippen molar-refractivity contribution in [2.45, 2.75) is 83.2 Å². The lowest BCUT2D eigenvalue weighted by atomic mass is 9.96. The van der Waals surface area contributed by atoms with Gasteiger partial charge < -0.3 is 42.1 Å². The Morgan fingerprint density at radius 3 is 1.25 bits per heavy atom. The molecule has 0 aromatic heterocycles. The normalized spacial score (nSPS) is 24.9. The van der Waals surface area contributed by atoms with Gasteiger partial charge in [0.25, 0.3) is 0 Å². The maximum Gasteiger partial charge on any atom is 0.244 e. The molecule has 0 saturated carbocycles. The highest BCUT2D eigenvalue weighted by molar-refractivity contribution is 7.80. The number of carbonyl (C=O) groups excluding carboxylic acids is 6. The summed E-state index contributed by atoms with van der Waals surface area (Å²) in [6.45, 7) is 6.97. The molecule has 0 spiro atoms. The van der Waals surface area contributed by atoms with Crippen LogP contribution in [0.3, 0.4) is 0 Å². The third-order valence-corrected chi connectivity index (χ3v) is 9.42. The van der Waals surface area contributed by atoms with Gasteiger partial charge in [0.15, 0.2) is 0 Å². The van der Waals surface area contributed by atoms with E-state index in [2.05, 4.69) is 57.2 Å². The molecule has 1 fully saturated rings. The Kier molecular flexibility index (Phi) is 15.5. The summed E-state index contributed by atoms with van der Waals surface area (Å²) in [4.78, 5) is 82.3. The molecular formula is C35H48N6O8S2. The van der Waals surface area contributed by atoms with Crippen LogP contribution in [0.15, 0.2) is 48.5 Å². The van der Waals surface area contributed by atoms with E-state index in [-0.39, 0.29) is 35.8 Å². The second-order valence-electron chi connectivity index (χ2n) is 13.0. The van der Waals surface area contributed by atoms with Gasteiger partial charge in [-0.1, -0.05) is 58.4 Å². The number of phenols is 2. The first-order chi connectivity index (χ1) is 24.2. The number of nitrogens with one attached hydrogen (secondary N) is 6. The van der Waals surface area contributed by atoms with Crippen molar-refractivity contribution < 1.29 is 39.0 Å². The summed E-state index contributed by atoms with van der Waals surface area (Å²) in [7, 11) is 0. The van der Waals surface area contributed by atoms with E-state index in [1.807, 2.05) is 6.92 Å². The maximum atomic E-state index is 14.1. The molecule has 2 aromatic carbocycles. The first-order valence-electron chi connectivity index (χ1n) is 16.8. The average molecular weight is 745 g/mol. The molecule has 1 aliphatic rings. The van der Waals surface area contributed by atoms with Crippen molar-refractivity contribution >= 4 is 60.7 Å². The zero-order chi connectivity index (χ0) is 37.8. The monoisotopic (exact) mass is 744 g/mol. The van der Waals surface area contributed by atoms with E-state index in [1.165, 1.54) is 24.3 Å². The van der Waals surface area contributed by atoms with E-state index in [9.17, 15) is 39.0 Å². The van der Waals surface area contributed by atoms with Crippen molar-refractivity contribution in [1.29, 1.82) is 0 Å². The van der Waals surface area contributed by atoms with E-state index in [0.717, 1.165) is 0 Å². The third-order valence-electron chi connectivity index (χ3n) is 8.69. The van der Waals surface area contributed by atoms with Gasteiger partial charge in [0.05, 0.1) is 0 Å². The smallest absolute Gasteiger partial charge is 0.244 e. The second kappa shape index (κ2) is 19.2. The van der Waals surface area contributed by atoms with Crippen molar-refractivity contribution in [2.75, 3.05) is 11.5 Å². The average Bonchev–Trinajstić information content (AvgIpc) is 3.10. The molecule has 8 N–H and O–H groups in total. The standard InChI is InChI=1S/C35H48N6O8S2/c1-5-19(4)29-35(49)37-25(15-21-8-12-23(43)13-9-21)30(44)36-24(14-20-6-10-22(42)11-7-20)31(45)38-26(16-50)32(46)40-28(18(2)3)34(48)39-27(17-51)33(47)41-29/h6-13,18-19,24-29,42-43,50-51H,5,14-17H2,1-4H3,(H,36,44)(H,37,49)(H,38,45)(H,39,48)(H,40,46)(H,41,47)/t19-,24+,25+,26+,27+,28+,29+/m1/s1. The summed E-state index contributed by atoms with van der Waals surface area (Å²) in [5, 5.41) is 35.7. The van der Waals surface area contributed by atoms with Crippen LogP contribution in [-0.2, 0) is 41.6 Å². The molecular weight excluding hydrogens is 697 g/mol. The predicted octanol–water partition coefficient (Wildman–Crippen LogP) is 0.367. The van der Waals surface area contributed by atoms with Gasteiger partial charge in [0.1, 0.15) is 47.8 Å². The lowest BCUT2D eigenvalue weighted by Crippen LogP contribution is -2.63. The molecule has 278 valence electrons. The Morgan fingerprint density at radius 1 is 0.529 bits per heavy atom. The first-order valence-corrected chi connectivity index (χ1v) is 18.0. The molecule has 0 radical (unpaired) electrons.